The number of aliphatic hydroxyl groups excluding tert-OH is 1. The molecule has 0 radical (unpaired) electrons. The number of aryl methyl sites for hydroxylation is 1. The number of carbonyl (C=O) groups is 1. The quantitative estimate of drug-likeness (QED) is 0.438. The summed E-state index contributed by atoms with van der Waals surface area (Å²) < 4.78 is 12.3. The van der Waals surface area contributed by atoms with E-state index in [1.54, 1.807) is 25.2 Å². The number of hydrogen-bond donors (Lipinski definition) is 2. The van der Waals surface area contributed by atoms with Crippen molar-refractivity contribution >= 4 is 5.97 Å². The molecule has 1 aromatic rings. The Labute approximate surface area is 150 Å². The molecule has 0 aromatic carbocycles. The summed E-state index contributed by atoms with van der Waals surface area (Å²) in [5.74, 6) is -0.601. The van der Waals surface area contributed by atoms with Gasteiger partial charge in [0.1, 0.15) is 18.4 Å². The first-order valence-corrected chi connectivity index (χ1v) is 8.16. The Bertz CT molecular complexity index is 848. The molecule has 8 heteroatoms. The maximum atomic E-state index is 12.3. The molecule has 140 valence electrons. The minimum Gasteiger partial charge on any atom is -0.456 e. The lowest BCUT2D eigenvalue weighted by Crippen LogP contribution is -2.33. The van der Waals surface area contributed by atoms with Crippen molar-refractivity contribution in [3.63, 3.8) is 0 Å². The van der Waals surface area contributed by atoms with Gasteiger partial charge in [-0.2, -0.15) is 0 Å². The molecule has 0 amide bonds. The number of ether oxygens (including phenoxy) is 2. The molecule has 0 spiro atoms. The standard InChI is InChI=1S/C18H22N2O6/c1-4-6-7-12(5-2)17(23)26-13-8-15(25-14(13)10-21)20-9-11(3)16(22)19-18(20)24/h4-7,9,13-15,21H,2,8,10H2,1,3H3,(H,19,22,24)/b6-4-,12-7+. The van der Waals surface area contributed by atoms with Crippen LogP contribution < -0.4 is 11.2 Å². The van der Waals surface area contributed by atoms with Gasteiger partial charge in [0, 0.05) is 18.2 Å². The third-order valence-corrected chi connectivity index (χ3v) is 4.00. The van der Waals surface area contributed by atoms with Gasteiger partial charge in [-0.1, -0.05) is 24.8 Å². The molecule has 1 aliphatic rings. The van der Waals surface area contributed by atoms with Crippen molar-refractivity contribution in [2.75, 3.05) is 6.61 Å². The first kappa shape index (κ1) is 19.6. The highest BCUT2D eigenvalue weighted by molar-refractivity contribution is 5.91. The molecule has 2 heterocycles. The molecule has 1 saturated heterocycles. The van der Waals surface area contributed by atoms with Crippen LogP contribution in [-0.4, -0.2) is 39.4 Å². The molecule has 0 bridgehead atoms. The van der Waals surface area contributed by atoms with Gasteiger partial charge in [-0.15, -0.1) is 0 Å². The van der Waals surface area contributed by atoms with E-state index in [0.29, 0.717) is 5.56 Å². The highest BCUT2D eigenvalue weighted by Crippen LogP contribution is 2.30. The number of rotatable bonds is 6. The number of H-pyrrole nitrogens is 1. The third-order valence-electron chi connectivity index (χ3n) is 4.00. The fourth-order valence-electron chi connectivity index (χ4n) is 2.58. The molecule has 8 nitrogen and oxygen atoms in total. The van der Waals surface area contributed by atoms with Gasteiger partial charge in [0.25, 0.3) is 5.56 Å². The van der Waals surface area contributed by atoms with Gasteiger partial charge in [0.15, 0.2) is 0 Å². The van der Waals surface area contributed by atoms with Crippen molar-refractivity contribution < 1.29 is 19.4 Å². The number of nitrogens with one attached hydrogen (secondary N) is 1. The molecule has 1 aromatic heterocycles. The van der Waals surface area contributed by atoms with Gasteiger partial charge in [0.05, 0.1) is 12.2 Å². The van der Waals surface area contributed by atoms with Gasteiger partial charge >= 0.3 is 11.7 Å². The lowest BCUT2D eigenvalue weighted by Gasteiger charge is -2.16. The molecule has 1 fully saturated rings. The maximum Gasteiger partial charge on any atom is 0.338 e. The lowest BCUT2D eigenvalue weighted by molar-refractivity contribution is -0.148. The van der Waals surface area contributed by atoms with Crippen molar-refractivity contribution in [1.82, 2.24) is 9.55 Å². The Morgan fingerprint density at radius 2 is 2.27 bits per heavy atom. The van der Waals surface area contributed by atoms with Crippen molar-refractivity contribution in [3.8, 4) is 0 Å². The normalized spacial score (nSPS) is 23.3. The zero-order valence-electron chi connectivity index (χ0n) is 14.7. The summed E-state index contributed by atoms with van der Waals surface area (Å²) >= 11 is 0. The Kier molecular flexibility index (Phi) is 6.48. The SMILES string of the molecule is C=C/C(=C\C=C/C)C(=O)OC1CC(n2cc(C)c(=O)[nH]c2=O)OC1CO. The van der Waals surface area contributed by atoms with Crippen molar-refractivity contribution in [2.45, 2.75) is 38.7 Å². The number of allylic oxidation sites excluding steroid dienone is 3. The van der Waals surface area contributed by atoms with E-state index in [1.165, 1.54) is 16.8 Å². The number of aliphatic hydroxyl groups is 1. The fourth-order valence-corrected chi connectivity index (χ4v) is 2.58. The van der Waals surface area contributed by atoms with E-state index in [1.807, 2.05) is 6.92 Å². The Hall–Kier alpha value is -2.71. The number of nitrogens with zero attached hydrogens (tertiary/aromatic N) is 1. The Morgan fingerprint density at radius 3 is 2.88 bits per heavy atom. The van der Waals surface area contributed by atoms with Crippen LogP contribution >= 0.6 is 0 Å². The number of hydrogen-bond acceptors (Lipinski definition) is 6. The van der Waals surface area contributed by atoms with Crippen LogP contribution in [0.3, 0.4) is 0 Å². The summed E-state index contributed by atoms with van der Waals surface area (Å²) in [5.41, 5.74) is -0.498. The van der Waals surface area contributed by atoms with E-state index < -0.39 is 35.7 Å². The number of aromatic amines is 1. The molecule has 3 atom stereocenters. The van der Waals surface area contributed by atoms with Crippen LogP contribution in [0, 0.1) is 6.92 Å². The number of esters is 1. The highest BCUT2D eigenvalue weighted by atomic mass is 16.6. The van der Waals surface area contributed by atoms with E-state index in [9.17, 15) is 19.5 Å². The van der Waals surface area contributed by atoms with Gasteiger partial charge in [-0.25, -0.2) is 9.59 Å². The summed E-state index contributed by atoms with van der Waals surface area (Å²) in [5, 5.41) is 9.51. The van der Waals surface area contributed by atoms with Crippen LogP contribution in [0.1, 0.15) is 25.1 Å². The zero-order valence-corrected chi connectivity index (χ0v) is 14.7. The van der Waals surface area contributed by atoms with Gasteiger partial charge in [-0.05, 0) is 19.9 Å². The van der Waals surface area contributed by atoms with Crippen LogP contribution in [0.4, 0.5) is 0 Å². The minimum absolute atomic E-state index is 0.163. The second-order valence-electron chi connectivity index (χ2n) is 5.82. The monoisotopic (exact) mass is 362 g/mol. The summed E-state index contributed by atoms with van der Waals surface area (Å²) in [6, 6.07) is 0. The average Bonchev–Trinajstić information content (AvgIpc) is 3.01. The van der Waals surface area contributed by atoms with E-state index >= 15 is 0 Å². The summed E-state index contributed by atoms with van der Waals surface area (Å²) in [6.07, 6.45) is 5.63. The minimum atomic E-state index is -0.782. The summed E-state index contributed by atoms with van der Waals surface area (Å²) in [7, 11) is 0. The zero-order chi connectivity index (χ0) is 19.3. The fraction of sp³-hybridized carbons (Fsp3) is 0.389. The Morgan fingerprint density at radius 1 is 1.54 bits per heavy atom. The summed E-state index contributed by atoms with van der Waals surface area (Å²) in [6.45, 7) is 6.57. The molecule has 26 heavy (non-hydrogen) atoms. The predicted molar refractivity (Wildman–Crippen MR) is 94.6 cm³/mol. The van der Waals surface area contributed by atoms with Crippen molar-refractivity contribution in [2.24, 2.45) is 0 Å². The second kappa shape index (κ2) is 8.59. The highest BCUT2D eigenvalue weighted by Gasteiger charge is 2.39. The molecular formula is C18H22N2O6. The molecule has 3 unspecified atom stereocenters. The van der Waals surface area contributed by atoms with E-state index in [4.69, 9.17) is 9.47 Å². The van der Waals surface area contributed by atoms with Crippen LogP contribution in [0.25, 0.3) is 0 Å². The lowest BCUT2D eigenvalue weighted by atomic mass is 10.1. The summed E-state index contributed by atoms with van der Waals surface area (Å²) in [4.78, 5) is 37.9. The molecule has 1 aliphatic heterocycles. The first-order valence-electron chi connectivity index (χ1n) is 8.16. The van der Waals surface area contributed by atoms with Gasteiger partial charge in [0.2, 0.25) is 0 Å². The van der Waals surface area contributed by atoms with E-state index in [0.717, 1.165) is 0 Å². The number of carbonyl (C=O) groups excluding carboxylic acids is 1. The largest absolute Gasteiger partial charge is 0.456 e. The maximum absolute atomic E-state index is 12.3. The topological polar surface area (TPSA) is 111 Å². The molecule has 2 N–H and O–H groups in total. The Balaban J connectivity index is 2.20. The predicted octanol–water partition coefficient (Wildman–Crippen LogP) is 0.725. The second-order valence-corrected chi connectivity index (χ2v) is 5.82. The van der Waals surface area contributed by atoms with Gasteiger partial charge in [-0.3, -0.25) is 14.3 Å². The molecular weight excluding hydrogens is 340 g/mol. The average molecular weight is 362 g/mol. The van der Waals surface area contributed by atoms with Crippen molar-refractivity contribution in [1.29, 1.82) is 0 Å². The van der Waals surface area contributed by atoms with Crippen LogP contribution in [-0.2, 0) is 14.3 Å². The van der Waals surface area contributed by atoms with Crippen LogP contribution in [0.15, 0.2) is 52.2 Å². The first-order chi connectivity index (χ1) is 12.4. The molecule has 0 aliphatic carbocycles. The van der Waals surface area contributed by atoms with E-state index in [2.05, 4.69) is 11.6 Å². The van der Waals surface area contributed by atoms with Gasteiger partial charge < -0.3 is 14.6 Å². The molecule has 0 saturated carbocycles. The smallest absolute Gasteiger partial charge is 0.338 e. The van der Waals surface area contributed by atoms with Crippen molar-refractivity contribution in [3.05, 3.63) is 69.1 Å². The van der Waals surface area contributed by atoms with E-state index in [-0.39, 0.29) is 18.6 Å². The molecule has 2 rings (SSSR count). The van der Waals surface area contributed by atoms with Crippen LogP contribution in [0.2, 0.25) is 0 Å². The van der Waals surface area contributed by atoms with Crippen LogP contribution in [0.5, 0.6) is 0 Å². The number of aromatic nitrogens is 2. The third kappa shape index (κ3) is 4.27.